The fourth-order valence-electron chi connectivity index (χ4n) is 3.66. The van der Waals surface area contributed by atoms with Crippen molar-refractivity contribution in [2.45, 2.75) is 13.0 Å². The summed E-state index contributed by atoms with van der Waals surface area (Å²) >= 11 is 0. The lowest BCUT2D eigenvalue weighted by molar-refractivity contribution is -0.146. The molecular weight excluding hydrogens is 428 g/mol. The molecule has 2 aliphatic heterocycles. The summed E-state index contributed by atoms with van der Waals surface area (Å²) in [6.07, 6.45) is -0.692. The van der Waals surface area contributed by atoms with Crippen LogP contribution < -0.4 is 14.2 Å². The average molecular weight is 454 g/mol. The van der Waals surface area contributed by atoms with E-state index < -0.39 is 12.1 Å². The SMILES string of the molecule is CCOC(=O)c1ccc(OCC(=O)N2CCN(C(=O)C3COc4ccccc4O3)CC2)cc1. The average Bonchev–Trinajstić information content (AvgIpc) is 2.87. The minimum absolute atomic E-state index is 0.122. The smallest absolute Gasteiger partial charge is 0.338 e. The summed E-state index contributed by atoms with van der Waals surface area (Å²) in [6.45, 7) is 3.76. The van der Waals surface area contributed by atoms with E-state index in [0.29, 0.717) is 55.6 Å². The van der Waals surface area contributed by atoms with E-state index in [1.165, 1.54) is 0 Å². The van der Waals surface area contributed by atoms with Gasteiger partial charge in [-0.05, 0) is 43.3 Å². The number of carbonyl (C=O) groups excluding carboxylic acids is 3. The Morgan fingerprint density at radius 3 is 2.30 bits per heavy atom. The van der Waals surface area contributed by atoms with Crippen LogP contribution in [-0.2, 0) is 14.3 Å². The number of ether oxygens (including phenoxy) is 4. The Morgan fingerprint density at radius 1 is 0.939 bits per heavy atom. The Kier molecular flexibility index (Phi) is 6.97. The maximum atomic E-state index is 12.8. The molecular formula is C24H26N2O7. The van der Waals surface area contributed by atoms with Gasteiger partial charge in [0, 0.05) is 26.2 Å². The molecule has 0 spiro atoms. The van der Waals surface area contributed by atoms with Crippen molar-refractivity contribution in [1.29, 1.82) is 0 Å². The van der Waals surface area contributed by atoms with Crippen LogP contribution in [0.5, 0.6) is 17.2 Å². The number of esters is 1. The third kappa shape index (κ3) is 5.36. The van der Waals surface area contributed by atoms with Crippen LogP contribution in [0.1, 0.15) is 17.3 Å². The maximum Gasteiger partial charge on any atom is 0.338 e. The third-order valence-corrected chi connectivity index (χ3v) is 5.46. The summed E-state index contributed by atoms with van der Waals surface area (Å²) in [4.78, 5) is 40.4. The lowest BCUT2D eigenvalue weighted by Gasteiger charge is -2.37. The van der Waals surface area contributed by atoms with Crippen LogP contribution in [0.25, 0.3) is 0 Å². The fraction of sp³-hybridized carbons (Fsp3) is 0.375. The second-order valence-electron chi connectivity index (χ2n) is 7.60. The van der Waals surface area contributed by atoms with Crippen LogP contribution in [0.3, 0.4) is 0 Å². The van der Waals surface area contributed by atoms with Gasteiger partial charge in [0.25, 0.3) is 11.8 Å². The largest absolute Gasteiger partial charge is 0.485 e. The second kappa shape index (κ2) is 10.2. The van der Waals surface area contributed by atoms with Gasteiger partial charge in [0.2, 0.25) is 6.10 Å². The molecule has 0 bridgehead atoms. The summed E-state index contributed by atoms with van der Waals surface area (Å²) in [7, 11) is 0. The molecule has 1 fully saturated rings. The van der Waals surface area contributed by atoms with Gasteiger partial charge < -0.3 is 28.7 Å². The van der Waals surface area contributed by atoms with Crippen LogP contribution >= 0.6 is 0 Å². The molecule has 33 heavy (non-hydrogen) atoms. The molecule has 0 aliphatic carbocycles. The number of hydrogen-bond acceptors (Lipinski definition) is 7. The van der Waals surface area contributed by atoms with Gasteiger partial charge in [-0.2, -0.15) is 0 Å². The molecule has 1 atom stereocenters. The Morgan fingerprint density at radius 2 is 1.61 bits per heavy atom. The van der Waals surface area contributed by atoms with Crippen LogP contribution in [0.2, 0.25) is 0 Å². The van der Waals surface area contributed by atoms with Crippen molar-refractivity contribution in [3.05, 3.63) is 54.1 Å². The lowest BCUT2D eigenvalue weighted by Crippen LogP contribution is -2.55. The first kappa shape index (κ1) is 22.4. The van der Waals surface area contributed by atoms with Gasteiger partial charge in [0.15, 0.2) is 18.1 Å². The van der Waals surface area contributed by atoms with Gasteiger partial charge in [0.05, 0.1) is 12.2 Å². The molecule has 2 amide bonds. The van der Waals surface area contributed by atoms with Gasteiger partial charge in [-0.3, -0.25) is 9.59 Å². The molecule has 2 aliphatic rings. The Hall–Kier alpha value is -3.75. The van der Waals surface area contributed by atoms with Crippen molar-refractivity contribution in [3.8, 4) is 17.2 Å². The molecule has 2 aromatic carbocycles. The van der Waals surface area contributed by atoms with Crippen molar-refractivity contribution in [2.75, 3.05) is 46.0 Å². The quantitative estimate of drug-likeness (QED) is 0.614. The van der Waals surface area contributed by atoms with Crippen molar-refractivity contribution < 1.29 is 33.3 Å². The summed E-state index contributed by atoms with van der Waals surface area (Å²) < 4.78 is 21.9. The monoisotopic (exact) mass is 454 g/mol. The number of rotatable bonds is 6. The molecule has 0 radical (unpaired) electrons. The number of piperazine rings is 1. The molecule has 9 nitrogen and oxygen atoms in total. The molecule has 0 saturated carbocycles. The third-order valence-electron chi connectivity index (χ3n) is 5.46. The van der Waals surface area contributed by atoms with Gasteiger partial charge in [-0.1, -0.05) is 12.1 Å². The van der Waals surface area contributed by atoms with E-state index in [4.69, 9.17) is 18.9 Å². The predicted octanol–water partition coefficient (Wildman–Crippen LogP) is 1.75. The highest BCUT2D eigenvalue weighted by Crippen LogP contribution is 2.31. The normalized spacial score (nSPS) is 17.3. The maximum absolute atomic E-state index is 12.8. The van der Waals surface area contributed by atoms with Crippen molar-refractivity contribution in [1.82, 2.24) is 9.80 Å². The number of fused-ring (bicyclic) bond motifs is 1. The Bertz CT molecular complexity index is 1000. The highest BCUT2D eigenvalue weighted by atomic mass is 16.6. The zero-order chi connectivity index (χ0) is 23.2. The van der Waals surface area contributed by atoms with Crippen molar-refractivity contribution in [2.24, 2.45) is 0 Å². The summed E-state index contributed by atoms with van der Waals surface area (Å²) in [5.41, 5.74) is 0.423. The van der Waals surface area contributed by atoms with Crippen LogP contribution in [0.4, 0.5) is 0 Å². The zero-order valence-electron chi connectivity index (χ0n) is 18.4. The van der Waals surface area contributed by atoms with Gasteiger partial charge in [-0.25, -0.2) is 4.79 Å². The van der Waals surface area contributed by atoms with E-state index in [0.717, 1.165) is 0 Å². The molecule has 1 unspecified atom stereocenters. The Labute approximate surface area is 191 Å². The van der Waals surface area contributed by atoms with E-state index in [-0.39, 0.29) is 25.0 Å². The Balaban J connectivity index is 1.22. The number of benzene rings is 2. The molecule has 2 aromatic rings. The predicted molar refractivity (Wildman–Crippen MR) is 117 cm³/mol. The van der Waals surface area contributed by atoms with E-state index in [2.05, 4.69) is 0 Å². The zero-order valence-corrected chi connectivity index (χ0v) is 18.4. The van der Waals surface area contributed by atoms with Gasteiger partial charge >= 0.3 is 5.97 Å². The number of carbonyl (C=O) groups is 3. The first-order valence-electron chi connectivity index (χ1n) is 10.9. The van der Waals surface area contributed by atoms with Crippen molar-refractivity contribution >= 4 is 17.8 Å². The van der Waals surface area contributed by atoms with E-state index in [1.54, 1.807) is 53.1 Å². The summed E-state index contributed by atoms with van der Waals surface area (Å²) in [5.74, 6) is 0.968. The highest BCUT2D eigenvalue weighted by Gasteiger charge is 2.33. The topological polar surface area (TPSA) is 94.6 Å². The lowest BCUT2D eigenvalue weighted by atomic mass is 10.2. The minimum atomic E-state index is -0.692. The molecule has 1 saturated heterocycles. The van der Waals surface area contributed by atoms with Gasteiger partial charge in [0.1, 0.15) is 12.4 Å². The molecule has 9 heteroatoms. The van der Waals surface area contributed by atoms with Gasteiger partial charge in [-0.15, -0.1) is 0 Å². The molecule has 2 heterocycles. The molecule has 0 aromatic heterocycles. The number of hydrogen-bond donors (Lipinski definition) is 0. The van der Waals surface area contributed by atoms with Crippen LogP contribution in [0, 0.1) is 0 Å². The summed E-state index contributed by atoms with van der Waals surface area (Å²) in [5, 5.41) is 0. The number of nitrogens with zero attached hydrogens (tertiary/aromatic N) is 2. The molecule has 174 valence electrons. The van der Waals surface area contributed by atoms with E-state index >= 15 is 0 Å². The van der Waals surface area contributed by atoms with Crippen LogP contribution in [-0.4, -0.2) is 79.7 Å². The number of para-hydroxylation sites is 2. The first-order chi connectivity index (χ1) is 16.0. The standard InChI is InChI=1S/C24H26N2O7/c1-2-30-24(29)17-7-9-18(10-8-17)31-16-22(27)25-11-13-26(14-12-25)23(28)21-15-32-19-5-3-4-6-20(19)33-21/h3-10,21H,2,11-16H2,1H3. The van der Waals surface area contributed by atoms with Crippen LogP contribution in [0.15, 0.2) is 48.5 Å². The number of amides is 2. The molecule has 4 rings (SSSR count). The fourth-order valence-corrected chi connectivity index (χ4v) is 3.66. The minimum Gasteiger partial charge on any atom is -0.485 e. The van der Waals surface area contributed by atoms with E-state index in [9.17, 15) is 14.4 Å². The highest BCUT2D eigenvalue weighted by molar-refractivity contribution is 5.89. The van der Waals surface area contributed by atoms with E-state index in [1.807, 2.05) is 12.1 Å². The summed E-state index contributed by atoms with van der Waals surface area (Å²) in [6, 6.07) is 13.7. The first-order valence-corrected chi connectivity index (χ1v) is 10.9. The van der Waals surface area contributed by atoms with Crippen molar-refractivity contribution in [3.63, 3.8) is 0 Å². The second-order valence-corrected chi connectivity index (χ2v) is 7.60. The molecule has 0 N–H and O–H groups in total.